The lowest BCUT2D eigenvalue weighted by atomic mass is 10.1. The second-order valence-electron chi connectivity index (χ2n) is 9.31. The maximum absolute atomic E-state index is 13.5. The fraction of sp³-hybridized carbons (Fsp3) is 0.462. The number of hydrogen-bond donors (Lipinski definition) is 0. The van der Waals surface area contributed by atoms with Gasteiger partial charge >= 0.3 is 0 Å². The number of amides is 1. The van der Waals surface area contributed by atoms with E-state index in [0.717, 1.165) is 60.6 Å². The number of hydrogen-bond acceptors (Lipinski definition) is 7. The summed E-state index contributed by atoms with van der Waals surface area (Å²) in [6.07, 6.45) is 0.960. The first kappa shape index (κ1) is 27.0. The third-order valence-electron chi connectivity index (χ3n) is 6.41. The minimum absolute atomic E-state index is 0.0794. The Morgan fingerprint density at radius 3 is 2.50 bits per heavy atom. The maximum atomic E-state index is 13.5. The zero-order chi connectivity index (χ0) is 25.9. The van der Waals surface area contributed by atoms with E-state index in [4.69, 9.17) is 21.3 Å². The van der Waals surface area contributed by atoms with Gasteiger partial charge in [0, 0.05) is 26.2 Å². The molecule has 2 heterocycles. The van der Waals surface area contributed by atoms with E-state index >= 15 is 0 Å². The van der Waals surface area contributed by atoms with Gasteiger partial charge in [-0.2, -0.15) is 0 Å². The minimum Gasteiger partial charge on any atom is -0.379 e. The van der Waals surface area contributed by atoms with Crippen molar-refractivity contribution < 1.29 is 17.9 Å². The van der Waals surface area contributed by atoms with Crippen LogP contribution in [-0.2, 0) is 25.8 Å². The number of sulfone groups is 1. The Kier molecular flexibility index (Phi) is 8.67. The summed E-state index contributed by atoms with van der Waals surface area (Å²) in [6, 6.07) is 10.4. The van der Waals surface area contributed by atoms with Gasteiger partial charge in [0.2, 0.25) is 5.91 Å². The summed E-state index contributed by atoms with van der Waals surface area (Å²) in [7, 11) is -3.36. The lowest BCUT2D eigenvalue weighted by Gasteiger charge is -2.27. The molecule has 7 nitrogen and oxygen atoms in total. The number of thiazole rings is 1. The van der Waals surface area contributed by atoms with Crippen molar-refractivity contribution in [3.63, 3.8) is 0 Å². The van der Waals surface area contributed by atoms with Crippen molar-refractivity contribution in [2.45, 2.75) is 43.8 Å². The van der Waals surface area contributed by atoms with Gasteiger partial charge in [-0.05, 0) is 56.5 Å². The Bertz CT molecular complexity index is 1280. The van der Waals surface area contributed by atoms with Crippen LogP contribution in [0.4, 0.5) is 5.13 Å². The molecule has 0 N–H and O–H groups in total. The topological polar surface area (TPSA) is 79.8 Å². The zero-order valence-electron chi connectivity index (χ0n) is 20.9. The van der Waals surface area contributed by atoms with Crippen molar-refractivity contribution in [3.05, 3.63) is 52.5 Å². The lowest BCUT2D eigenvalue weighted by Crippen LogP contribution is -2.39. The van der Waals surface area contributed by atoms with Crippen molar-refractivity contribution in [1.82, 2.24) is 9.88 Å². The number of rotatable bonds is 9. The summed E-state index contributed by atoms with van der Waals surface area (Å²) in [6.45, 7) is 9.99. The summed E-state index contributed by atoms with van der Waals surface area (Å²) in [4.78, 5) is 22.7. The summed E-state index contributed by atoms with van der Waals surface area (Å²) in [5.74, 6) is -0.0794. The highest BCUT2D eigenvalue weighted by atomic mass is 35.5. The Morgan fingerprint density at radius 1 is 1.17 bits per heavy atom. The van der Waals surface area contributed by atoms with E-state index in [1.165, 1.54) is 11.3 Å². The predicted molar refractivity (Wildman–Crippen MR) is 146 cm³/mol. The Balaban J connectivity index is 1.55. The second-order valence-corrected chi connectivity index (χ2v) is 13.2. The van der Waals surface area contributed by atoms with Crippen LogP contribution >= 0.6 is 22.9 Å². The molecule has 3 aromatic rings. The Morgan fingerprint density at radius 2 is 1.86 bits per heavy atom. The molecule has 194 valence electrons. The van der Waals surface area contributed by atoms with Gasteiger partial charge in [-0.15, -0.1) is 0 Å². The van der Waals surface area contributed by atoms with Gasteiger partial charge in [-0.1, -0.05) is 41.1 Å². The number of carbonyl (C=O) groups is 1. The van der Waals surface area contributed by atoms with E-state index in [9.17, 15) is 13.2 Å². The molecule has 0 atom stereocenters. The quantitative estimate of drug-likeness (QED) is 0.383. The van der Waals surface area contributed by atoms with Crippen molar-refractivity contribution >= 4 is 54.0 Å². The summed E-state index contributed by atoms with van der Waals surface area (Å²) in [5, 5.41) is 0.760. The number of anilines is 1. The fourth-order valence-electron chi connectivity index (χ4n) is 4.15. The molecule has 36 heavy (non-hydrogen) atoms. The highest BCUT2D eigenvalue weighted by Gasteiger charge is 2.23. The van der Waals surface area contributed by atoms with Crippen LogP contribution in [-0.4, -0.2) is 68.9 Å². The number of aryl methyl sites for hydroxylation is 1. The van der Waals surface area contributed by atoms with Gasteiger partial charge < -0.3 is 4.74 Å². The van der Waals surface area contributed by atoms with E-state index in [-0.39, 0.29) is 17.2 Å². The zero-order valence-corrected chi connectivity index (χ0v) is 23.3. The van der Waals surface area contributed by atoms with Crippen molar-refractivity contribution in [1.29, 1.82) is 0 Å². The van der Waals surface area contributed by atoms with Crippen LogP contribution in [0.5, 0.6) is 0 Å². The molecule has 0 aliphatic carbocycles. The van der Waals surface area contributed by atoms with E-state index in [1.807, 2.05) is 19.1 Å². The number of carbonyl (C=O) groups excluding carboxylic acids is 1. The number of benzene rings is 2. The molecule has 1 aromatic heterocycles. The highest BCUT2D eigenvalue weighted by Crippen LogP contribution is 2.36. The lowest BCUT2D eigenvalue weighted by molar-refractivity contribution is -0.118. The third kappa shape index (κ3) is 6.08. The minimum atomic E-state index is -3.36. The molecular weight excluding hydrogens is 518 g/mol. The molecule has 0 unspecified atom stereocenters. The molecule has 1 aliphatic rings. The number of nitrogens with zero attached hydrogens (tertiary/aromatic N) is 3. The number of morpholine rings is 1. The van der Waals surface area contributed by atoms with Crippen molar-refractivity contribution in [3.8, 4) is 0 Å². The average Bonchev–Trinajstić information content (AvgIpc) is 3.31. The molecule has 4 rings (SSSR count). The molecule has 1 saturated heterocycles. The van der Waals surface area contributed by atoms with E-state index in [2.05, 4.69) is 4.90 Å². The molecule has 0 radical (unpaired) electrons. The smallest absolute Gasteiger partial charge is 0.233 e. The second kappa shape index (κ2) is 11.6. The normalized spacial score (nSPS) is 15.0. The number of ether oxygens (including phenoxy) is 1. The van der Waals surface area contributed by atoms with Crippen LogP contribution in [0.2, 0.25) is 5.02 Å². The van der Waals surface area contributed by atoms with Gasteiger partial charge in [0.1, 0.15) is 0 Å². The first-order valence-corrected chi connectivity index (χ1v) is 14.9. The van der Waals surface area contributed by atoms with E-state index in [1.54, 1.807) is 43.0 Å². The molecule has 0 spiro atoms. The largest absolute Gasteiger partial charge is 0.379 e. The SMILES string of the molecule is Cc1ccc(Cl)c2sc(N(CCCN3CCOCC3)C(=O)Cc3ccc(S(=O)(=O)C(C)C)cc3)nc12. The Labute approximate surface area is 221 Å². The summed E-state index contributed by atoms with van der Waals surface area (Å²) < 4.78 is 31.2. The Hall–Kier alpha value is -2.04. The van der Waals surface area contributed by atoms with Gasteiger partial charge in [0.15, 0.2) is 15.0 Å². The third-order valence-corrected chi connectivity index (χ3v) is 10.1. The standard InChI is InChI=1S/C26H32ClN3O4S2/c1-18(2)36(32,33)21-8-6-20(7-9-21)17-23(31)30(12-4-11-29-13-15-34-16-14-29)26-28-24-19(3)5-10-22(27)25(24)35-26/h5-10,18H,4,11-17H2,1-3H3. The number of aromatic nitrogens is 1. The van der Waals surface area contributed by atoms with Crippen LogP contribution < -0.4 is 4.90 Å². The summed E-state index contributed by atoms with van der Waals surface area (Å²) in [5.41, 5.74) is 2.59. The average molecular weight is 550 g/mol. The summed E-state index contributed by atoms with van der Waals surface area (Å²) >= 11 is 7.86. The van der Waals surface area contributed by atoms with Crippen LogP contribution in [0.1, 0.15) is 31.4 Å². The molecule has 1 aliphatic heterocycles. The van der Waals surface area contributed by atoms with Gasteiger partial charge in [-0.25, -0.2) is 13.4 Å². The fourth-order valence-corrected chi connectivity index (χ4v) is 6.57. The first-order valence-electron chi connectivity index (χ1n) is 12.2. The highest BCUT2D eigenvalue weighted by molar-refractivity contribution is 7.92. The number of halogens is 1. The van der Waals surface area contributed by atoms with Crippen LogP contribution in [0.25, 0.3) is 10.2 Å². The van der Waals surface area contributed by atoms with Gasteiger partial charge in [0.05, 0.1) is 45.0 Å². The molecule has 1 amide bonds. The van der Waals surface area contributed by atoms with Crippen LogP contribution in [0.15, 0.2) is 41.3 Å². The van der Waals surface area contributed by atoms with Gasteiger partial charge in [0.25, 0.3) is 0 Å². The maximum Gasteiger partial charge on any atom is 0.233 e. The van der Waals surface area contributed by atoms with Gasteiger partial charge in [-0.3, -0.25) is 14.6 Å². The van der Waals surface area contributed by atoms with Crippen LogP contribution in [0.3, 0.4) is 0 Å². The molecule has 0 saturated carbocycles. The molecule has 10 heteroatoms. The van der Waals surface area contributed by atoms with Crippen molar-refractivity contribution in [2.75, 3.05) is 44.3 Å². The molecule has 0 bridgehead atoms. The molecule has 1 fully saturated rings. The van der Waals surface area contributed by atoms with E-state index in [0.29, 0.717) is 16.7 Å². The monoisotopic (exact) mass is 549 g/mol. The number of fused-ring (bicyclic) bond motifs is 1. The van der Waals surface area contributed by atoms with Crippen molar-refractivity contribution in [2.24, 2.45) is 0 Å². The van der Waals surface area contributed by atoms with Crippen LogP contribution in [0, 0.1) is 6.92 Å². The molecular formula is C26H32ClN3O4S2. The first-order chi connectivity index (χ1) is 17.2. The molecule has 2 aromatic carbocycles. The van der Waals surface area contributed by atoms with E-state index < -0.39 is 15.1 Å². The predicted octanol–water partition coefficient (Wildman–Crippen LogP) is 4.74.